The van der Waals surface area contributed by atoms with Crippen LogP contribution in [-0.2, 0) is 0 Å². The van der Waals surface area contributed by atoms with Crippen molar-refractivity contribution in [1.29, 1.82) is 0 Å². The van der Waals surface area contributed by atoms with Gasteiger partial charge in [-0.25, -0.2) is 23.1 Å². The first-order valence-corrected chi connectivity index (χ1v) is 9.82. The number of carbonyl (C=O) groups excluding carboxylic acids is 1. The molecule has 4 rings (SSSR count). The Morgan fingerprint density at radius 1 is 1.19 bits per heavy atom. The molecule has 0 spiro atoms. The predicted molar refractivity (Wildman–Crippen MR) is 114 cm³/mol. The summed E-state index contributed by atoms with van der Waals surface area (Å²) in [5.74, 6) is -2.78. The van der Waals surface area contributed by atoms with Gasteiger partial charge in [-0.15, -0.1) is 0 Å². The van der Waals surface area contributed by atoms with Gasteiger partial charge in [-0.1, -0.05) is 6.07 Å². The van der Waals surface area contributed by atoms with Crippen molar-refractivity contribution in [1.82, 2.24) is 15.0 Å². The third-order valence-electron chi connectivity index (χ3n) is 5.18. The van der Waals surface area contributed by atoms with E-state index in [1.165, 1.54) is 18.5 Å². The van der Waals surface area contributed by atoms with Crippen molar-refractivity contribution < 1.29 is 18.0 Å². The molecular weight excluding hydrogens is 423 g/mol. The van der Waals surface area contributed by atoms with Crippen LogP contribution in [-0.4, -0.2) is 46.2 Å². The summed E-state index contributed by atoms with van der Waals surface area (Å²) in [6, 6.07) is 4.34. The van der Waals surface area contributed by atoms with Gasteiger partial charge in [0.1, 0.15) is 17.8 Å². The lowest BCUT2D eigenvalue weighted by Crippen LogP contribution is -2.50. The van der Waals surface area contributed by atoms with E-state index in [-0.39, 0.29) is 30.2 Å². The molecule has 2 atom stereocenters. The Balaban J connectivity index is 1.63. The van der Waals surface area contributed by atoms with Gasteiger partial charge in [-0.3, -0.25) is 9.78 Å². The Bertz CT molecular complexity index is 1140. The van der Waals surface area contributed by atoms with Crippen molar-refractivity contribution in [3.63, 3.8) is 0 Å². The van der Waals surface area contributed by atoms with Crippen molar-refractivity contribution in [3.8, 4) is 11.4 Å². The Morgan fingerprint density at radius 3 is 2.66 bits per heavy atom. The van der Waals surface area contributed by atoms with Gasteiger partial charge in [-0.05, 0) is 24.6 Å². The highest BCUT2D eigenvalue weighted by Crippen LogP contribution is 2.29. The molecule has 2 unspecified atom stereocenters. The molecule has 3 aromatic rings. The summed E-state index contributed by atoms with van der Waals surface area (Å²) in [7, 11) is 0. The number of aromatic nitrogens is 3. The Kier molecular flexibility index (Phi) is 5.91. The van der Waals surface area contributed by atoms with Gasteiger partial charge in [-0.2, -0.15) is 0 Å². The molecule has 1 aliphatic rings. The molecule has 166 valence electrons. The first-order chi connectivity index (χ1) is 15.3. The van der Waals surface area contributed by atoms with Crippen LogP contribution in [0.3, 0.4) is 0 Å². The second kappa shape index (κ2) is 8.79. The third-order valence-corrected chi connectivity index (χ3v) is 5.18. The van der Waals surface area contributed by atoms with Crippen molar-refractivity contribution in [2.24, 2.45) is 5.73 Å². The number of nitrogen functional groups attached to an aromatic ring is 1. The first-order valence-electron chi connectivity index (χ1n) is 9.82. The number of halogens is 3. The maximum Gasteiger partial charge on any atom is 0.276 e. The van der Waals surface area contributed by atoms with Gasteiger partial charge < -0.3 is 21.7 Å². The van der Waals surface area contributed by atoms with Crippen LogP contribution in [0.4, 0.5) is 30.2 Å². The average molecular weight is 443 g/mol. The third kappa shape index (κ3) is 4.19. The van der Waals surface area contributed by atoms with Gasteiger partial charge in [0.2, 0.25) is 0 Å². The number of nitrogens with two attached hydrogens (primary N) is 2. The van der Waals surface area contributed by atoms with Crippen molar-refractivity contribution in [2.75, 3.05) is 29.0 Å². The summed E-state index contributed by atoms with van der Waals surface area (Å²) in [6.07, 6.45) is 3.24. The van der Waals surface area contributed by atoms with Crippen LogP contribution in [0.15, 0.2) is 42.9 Å². The molecular formula is C21H20F3N7O. The first kappa shape index (κ1) is 21.5. The molecule has 0 radical (unpaired) electrons. The van der Waals surface area contributed by atoms with E-state index < -0.39 is 35.3 Å². The Hall–Kier alpha value is -3.73. The van der Waals surface area contributed by atoms with E-state index in [9.17, 15) is 18.0 Å². The topological polar surface area (TPSA) is 123 Å². The quantitative estimate of drug-likeness (QED) is 0.566. The number of piperidine rings is 1. The highest BCUT2D eigenvalue weighted by Gasteiger charge is 2.28. The average Bonchev–Trinajstić information content (AvgIpc) is 2.77. The number of hydrogen-bond donors (Lipinski definition) is 3. The van der Waals surface area contributed by atoms with Gasteiger partial charge in [0.05, 0.1) is 41.1 Å². The maximum atomic E-state index is 14.1. The van der Waals surface area contributed by atoms with Gasteiger partial charge in [0.25, 0.3) is 5.91 Å². The standard InChI is InChI=1S/C21H20F3N7O/c22-11-5-7-31(10-15(11)26)17-4-6-27-9-16(17)29-21(32)19-14(25)8-28-20(30-19)18-12(23)2-1-3-13(18)24/h1-4,6,8-9,11,15H,5,7,10,25-26H2,(H,29,32). The SMILES string of the molecule is Nc1cnc(-c2c(F)cccc2F)nc1C(=O)Nc1cnccc1N1CCC(F)C(N)C1. The van der Waals surface area contributed by atoms with E-state index in [1.54, 1.807) is 6.07 Å². The fourth-order valence-corrected chi connectivity index (χ4v) is 3.52. The number of benzene rings is 1. The summed E-state index contributed by atoms with van der Waals surface area (Å²) in [5, 5.41) is 2.66. The lowest BCUT2D eigenvalue weighted by Gasteiger charge is -2.35. The number of pyridine rings is 1. The molecule has 32 heavy (non-hydrogen) atoms. The number of nitrogens with one attached hydrogen (secondary N) is 1. The van der Waals surface area contributed by atoms with Crippen LogP contribution in [0.5, 0.6) is 0 Å². The lowest BCUT2D eigenvalue weighted by molar-refractivity contribution is 0.102. The zero-order valence-corrected chi connectivity index (χ0v) is 16.8. The molecule has 1 saturated heterocycles. The summed E-state index contributed by atoms with van der Waals surface area (Å²) in [4.78, 5) is 26.7. The van der Waals surface area contributed by atoms with Gasteiger partial charge >= 0.3 is 0 Å². The molecule has 1 aromatic carbocycles. The van der Waals surface area contributed by atoms with Crippen molar-refractivity contribution in [3.05, 3.63) is 60.2 Å². The van der Waals surface area contributed by atoms with Gasteiger partial charge in [0.15, 0.2) is 11.5 Å². The van der Waals surface area contributed by atoms with Crippen LogP contribution in [0.25, 0.3) is 11.4 Å². The minimum absolute atomic E-state index is 0.0753. The van der Waals surface area contributed by atoms with E-state index in [0.717, 1.165) is 18.3 Å². The molecule has 2 aromatic heterocycles. The van der Waals surface area contributed by atoms with E-state index in [4.69, 9.17) is 11.5 Å². The molecule has 3 heterocycles. The normalized spacial score (nSPS) is 18.4. The fraction of sp³-hybridized carbons (Fsp3) is 0.238. The molecule has 0 saturated carbocycles. The number of alkyl halides is 1. The van der Waals surface area contributed by atoms with Crippen molar-refractivity contribution >= 4 is 23.0 Å². The van der Waals surface area contributed by atoms with E-state index >= 15 is 0 Å². The summed E-state index contributed by atoms with van der Waals surface area (Å²) < 4.78 is 42.0. The maximum absolute atomic E-state index is 14.1. The molecule has 0 bridgehead atoms. The van der Waals surface area contributed by atoms with Crippen LogP contribution in [0.2, 0.25) is 0 Å². The zero-order valence-electron chi connectivity index (χ0n) is 16.8. The second-order valence-corrected chi connectivity index (χ2v) is 7.36. The number of hydrogen-bond acceptors (Lipinski definition) is 7. The minimum atomic E-state index is -1.09. The number of anilines is 3. The van der Waals surface area contributed by atoms with Crippen LogP contribution in [0.1, 0.15) is 16.9 Å². The number of rotatable bonds is 4. The van der Waals surface area contributed by atoms with Crippen LogP contribution >= 0.6 is 0 Å². The zero-order chi connectivity index (χ0) is 22.8. The minimum Gasteiger partial charge on any atom is -0.396 e. The fourth-order valence-electron chi connectivity index (χ4n) is 3.52. The highest BCUT2D eigenvalue weighted by molar-refractivity contribution is 6.07. The molecule has 5 N–H and O–H groups in total. The number of amides is 1. The Morgan fingerprint density at radius 2 is 1.94 bits per heavy atom. The van der Waals surface area contributed by atoms with Crippen molar-refractivity contribution in [2.45, 2.75) is 18.6 Å². The van der Waals surface area contributed by atoms with Crippen LogP contribution < -0.4 is 21.7 Å². The van der Waals surface area contributed by atoms with E-state index in [0.29, 0.717) is 17.9 Å². The lowest BCUT2D eigenvalue weighted by atomic mass is 10.0. The highest BCUT2D eigenvalue weighted by atomic mass is 19.1. The molecule has 0 aliphatic carbocycles. The summed E-state index contributed by atoms with van der Waals surface area (Å²) >= 11 is 0. The smallest absolute Gasteiger partial charge is 0.276 e. The molecule has 11 heteroatoms. The predicted octanol–water partition coefficient (Wildman–Crippen LogP) is 2.53. The monoisotopic (exact) mass is 443 g/mol. The molecule has 1 amide bonds. The van der Waals surface area contributed by atoms with E-state index in [1.807, 2.05) is 4.90 Å². The van der Waals surface area contributed by atoms with E-state index in [2.05, 4.69) is 20.3 Å². The summed E-state index contributed by atoms with van der Waals surface area (Å²) in [6.45, 7) is 0.675. The number of carbonyl (C=O) groups is 1. The summed E-state index contributed by atoms with van der Waals surface area (Å²) in [5.41, 5.74) is 11.8. The van der Waals surface area contributed by atoms with Crippen LogP contribution in [0, 0.1) is 11.6 Å². The molecule has 1 fully saturated rings. The molecule has 1 aliphatic heterocycles. The number of nitrogens with zero attached hydrogens (tertiary/aromatic N) is 4. The Labute approximate surface area is 181 Å². The largest absolute Gasteiger partial charge is 0.396 e. The molecule has 8 nitrogen and oxygen atoms in total. The second-order valence-electron chi connectivity index (χ2n) is 7.36. The van der Waals surface area contributed by atoms with Gasteiger partial charge in [0, 0.05) is 19.3 Å².